The fraction of sp³-hybridized carbons (Fsp3) is 0.370. The summed E-state index contributed by atoms with van der Waals surface area (Å²) >= 11 is 0. The van der Waals surface area contributed by atoms with Gasteiger partial charge in [0.25, 0.3) is 5.91 Å². The molecule has 1 aliphatic heterocycles. The Kier molecular flexibility index (Phi) is 9.76. The first-order valence-corrected chi connectivity index (χ1v) is 12.1. The van der Waals surface area contributed by atoms with Crippen molar-refractivity contribution in [1.29, 1.82) is 0 Å². The van der Waals surface area contributed by atoms with Gasteiger partial charge in [-0.25, -0.2) is 4.79 Å². The molecule has 0 aliphatic carbocycles. The molecule has 0 unspecified atom stereocenters. The second-order valence-corrected chi connectivity index (χ2v) is 9.40. The van der Waals surface area contributed by atoms with Gasteiger partial charge in [0.1, 0.15) is 12.2 Å². The highest BCUT2D eigenvalue weighted by Gasteiger charge is 2.22. The number of carbonyl (C=O) groups excluding carboxylic acids is 3. The molecule has 3 rings (SSSR count). The molecule has 1 saturated heterocycles. The Labute approximate surface area is 216 Å². The molecule has 2 heterocycles. The highest BCUT2D eigenvalue weighted by atomic mass is 16.6. The van der Waals surface area contributed by atoms with Gasteiger partial charge in [-0.3, -0.25) is 19.9 Å². The Morgan fingerprint density at radius 1 is 1.14 bits per heavy atom. The van der Waals surface area contributed by atoms with Gasteiger partial charge in [0.15, 0.2) is 0 Å². The fourth-order valence-corrected chi connectivity index (χ4v) is 3.46. The SMILES string of the molecule is CC(C)(C)OC(=O)Nc1cccc(C(=O)N2CCC(=NOCCNC(=O)/C=C/c3cccnc3)CC2)c1. The van der Waals surface area contributed by atoms with E-state index in [1.165, 1.54) is 6.08 Å². The van der Waals surface area contributed by atoms with Crippen molar-refractivity contribution >= 4 is 35.4 Å². The van der Waals surface area contributed by atoms with Crippen molar-refractivity contribution in [3.63, 3.8) is 0 Å². The summed E-state index contributed by atoms with van der Waals surface area (Å²) in [5.74, 6) is -0.341. The summed E-state index contributed by atoms with van der Waals surface area (Å²) in [5, 5.41) is 9.55. The zero-order chi connectivity index (χ0) is 26.7. The molecule has 196 valence electrons. The molecule has 2 N–H and O–H groups in total. The van der Waals surface area contributed by atoms with Gasteiger partial charge in [-0.2, -0.15) is 0 Å². The van der Waals surface area contributed by atoms with Gasteiger partial charge in [-0.15, -0.1) is 0 Å². The predicted molar refractivity (Wildman–Crippen MR) is 141 cm³/mol. The van der Waals surface area contributed by atoms with Crippen molar-refractivity contribution in [2.45, 2.75) is 39.2 Å². The lowest BCUT2D eigenvalue weighted by molar-refractivity contribution is -0.116. The van der Waals surface area contributed by atoms with Crippen LogP contribution in [0.15, 0.2) is 60.0 Å². The van der Waals surface area contributed by atoms with E-state index in [1.807, 2.05) is 6.07 Å². The number of likely N-dealkylation sites (tertiary alicyclic amines) is 1. The van der Waals surface area contributed by atoms with Gasteiger partial charge in [0.05, 0.1) is 12.3 Å². The van der Waals surface area contributed by atoms with Crippen molar-refractivity contribution in [1.82, 2.24) is 15.2 Å². The third-order valence-electron chi connectivity index (χ3n) is 5.18. The van der Waals surface area contributed by atoms with Crippen LogP contribution in [-0.2, 0) is 14.4 Å². The number of pyridine rings is 1. The van der Waals surface area contributed by atoms with Crippen LogP contribution in [0.4, 0.5) is 10.5 Å². The number of piperidine rings is 1. The summed E-state index contributed by atoms with van der Waals surface area (Å²) in [6.07, 6.45) is 7.10. The van der Waals surface area contributed by atoms with Crippen LogP contribution in [0.2, 0.25) is 0 Å². The van der Waals surface area contributed by atoms with Gasteiger partial charge >= 0.3 is 6.09 Å². The molecule has 1 fully saturated rings. The maximum absolute atomic E-state index is 12.9. The standard InChI is InChI=1S/C27H33N5O5/c1-27(2,3)37-26(35)30-23-8-4-7-21(18-23)25(34)32-15-11-22(12-16-32)31-36-17-14-29-24(33)10-9-20-6-5-13-28-19-20/h4-10,13,18-19H,11-12,14-17H2,1-3H3,(H,29,33)(H,30,35)/b10-9+. The molecule has 10 nitrogen and oxygen atoms in total. The molecule has 10 heteroatoms. The summed E-state index contributed by atoms with van der Waals surface area (Å²) in [6, 6.07) is 10.4. The summed E-state index contributed by atoms with van der Waals surface area (Å²) in [6.45, 7) is 6.96. The van der Waals surface area contributed by atoms with Crippen molar-refractivity contribution in [3.8, 4) is 0 Å². The van der Waals surface area contributed by atoms with Crippen molar-refractivity contribution in [3.05, 3.63) is 66.0 Å². The molecule has 0 spiro atoms. The normalized spacial score (nSPS) is 13.7. The molecule has 0 bridgehead atoms. The molecule has 0 saturated carbocycles. The minimum Gasteiger partial charge on any atom is -0.444 e. The van der Waals surface area contributed by atoms with E-state index in [4.69, 9.17) is 9.57 Å². The van der Waals surface area contributed by atoms with Crippen LogP contribution < -0.4 is 10.6 Å². The highest BCUT2D eigenvalue weighted by molar-refractivity contribution is 5.97. The Morgan fingerprint density at radius 3 is 2.62 bits per heavy atom. The Balaban J connectivity index is 1.38. The number of anilines is 1. The third-order valence-corrected chi connectivity index (χ3v) is 5.18. The molecule has 2 aromatic rings. The maximum atomic E-state index is 12.9. The number of carbonyl (C=O) groups is 3. The topological polar surface area (TPSA) is 122 Å². The molecule has 0 radical (unpaired) electrons. The molecule has 3 amide bonds. The van der Waals surface area contributed by atoms with Gasteiger partial charge in [-0.05, 0) is 56.7 Å². The Bertz CT molecular complexity index is 1130. The van der Waals surface area contributed by atoms with Crippen LogP contribution in [0.3, 0.4) is 0 Å². The van der Waals surface area contributed by atoms with E-state index >= 15 is 0 Å². The van der Waals surface area contributed by atoms with E-state index in [9.17, 15) is 14.4 Å². The number of rotatable bonds is 8. The van der Waals surface area contributed by atoms with Gasteiger partial charge < -0.3 is 19.8 Å². The first-order chi connectivity index (χ1) is 17.7. The second kappa shape index (κ2) is 13.2. The van der Waals surface area contributed by atoms with Crippen LogP contribution in [0.25, 0.3) is 6.08 Å². The third kappa shape index (κ3) is 9.75. The number of hydrogen-bond donors (Lipinski definition) is 2. The van der Waals surface area contributed by atoms with E-state index < -0.39 is 11.7 Å². The molecule has 37 heavy (non-hydrogen) atoms. The number of nitrogens with one attached hydrogen (secondary N) is 2. The van der Waals surface area contributed by atoms with E-state index in [1.54, 1.807) is 74.5 Å². The lowest BCUT2D eigenvalue weighted by atomic mass is 10.1. The Hall–Kier alpha value is -4.21. The number of ether oxygens (including phenoxy) is 1. The van der Waals surface area contributed by atoms with Crippen molar-refractivity contribution in [2.24, 2.45) is 5.16 Å². The van der Waals surface area contributed by atoms with E-state index in [2.05, 4.69) is 20.8 Å². The average Bonchev–Trinajstić information content (AvgIpc) is 2.87. The van der Waals surface area contributed by atoms with E-state index in [0.29, 0.717) is 43.7 Å². The van der Waals surface area contributed by atoms with Crippen LogP contribution in [-0.4, -0.2) is 65.3 Å². The van der Waals surface area contributed by atoms with Gasteiger partial charge in [-0.1, -0.05) is 17.3 Å². The number of aromatic nitrogens is 1. The molecular weight excluding hydrogens is 474 g/mol. The van der Waals surface area contributed by atoms with Gasteiger partial charge in [0.2, 0.25) is 5.91 Å². The van der Waals surface area contributed by atoms with Gasteiger partial charge in [0, 0.05) is 55.7 Å². The largest absolute Gasteiger partial charge is 0.444 e. The minimum atomic E-state index is -0.611. The number of amides is 3. The highest BCUT2D eigenvalue weighted by Crippen LogP contribution is 2.17. The minimum absolute atomic E-state index is 0.116. The second-order valence-electron chi connectivity index (χ2n) is 9.40. The number of oxime groups is 1. The fourth-order valence-electron chi connectivity index (χ4n) is 3.46. The monoisotopic (exact) mass is 507 g/mol. The van der Waals surface area contributed by atoms with Crippen LogP contribution in [0.1, 0.15) is 49.5 Å². The zero-order valence-electron chi connectivity index (χ0n) is 21.4. The lowest BCUT2D eigenvalue weighted by Crippen LogP contribution is -2.38. The van der Waals surface area contributed by atoms with Crippen molar-refractivity contribution < 1.29 is 24.0 Å². The maximum Gasteiger partial charge on any atom is 0.412 e. The first-order valence-electron chi connectivity index (χ1n) is 12.1. The number of benzene rings is 1. The summed E-state index contributed by atoms with van der Waals surface area (Å²) in [5.41, 5.74) is 2.08. The molecule has 1 aromatic heterocycles. The molecule has 0 atom stereocenters. The van der Waals surface area contributed by atoms with Crippen LogP contribution in [0.5, 0.6) is 0 Å². The van der Waals surface area contributed by atoms with Crippen LogP contribution in [0, 0.1) is 0 Å². The average molecular weight is 508 g/mol. The molecule has 1 aromatic carbocycles. The smallest absolute Gasteiger partial charge is 0.412 e. The summed E-state index contributed by atoms with van der Waals surface area (Å²) < 4.78 is 5.26. The quantitative estimate of drug-likeness (QED) is 0.318. The van der Waals surface area contributed by atoms with E-state index in [0.717, 1.165) is 11.3 Å². The number of nitrogens with zero attached hydrogens (tertiary/aromatic N) is 3. The summed E-state index contributed by atoms with van der Waals surface area (Å²) in [4.78, 5) is 47.9. The summed E-state index contributed by atoms with van der Waals surface area (Å²) in [7, 11) is 0. The first kappa shape index (κ1) is 27.4. The Morgan fingerprint density at radius 2 is 1.92 bits per heavy atom. The van der Waals surface area contributed by atoms with Crippen LogP contribution >= 0.6 is 0 Å². The van der Waals surface area contributed by atoms with Crippen molar-refractivity contribution in [2.75, 3.05) is 31.6 Å². The number of hydrogen-bond acceptors (Lipinski definition) is 7. The predicted octanol–water partition coefficient (Wildman–Crippen LogP) is 3.87. The molecular formula is C27H33N5O5. The van der Waals surface area contributed by atoms with E-state index in [-0.39, 0.29) is 18.4 Å². The molecule has 1 aliphatic rings. The zero-order valence-corrected chi connectivity index (χ0v) is 21.4. The lowest BCUT2D eigenvalue weighted by Gasteiger charge is -2.27.